The minimum atomic E-state index is -1.46. The second kappa shape index (κ2) is 10.2. The van der Waals surface area contributed by atoms with Gasteiger partial charge in [0.15, 0.2) is 0 Å². The van der Waals surface area contributed by atoms with Gasteiger partial charge in [-0.3, -0.25) is 0 Å². The third kappa shape index (κ3) is 5.59. The number of aryl methyl sites for hydroxylation is 1. The van der Waals surface area contributed by atoms with Crippen LogP contribution in [0.1, 0.15) is 38.2 Å². The van der Waals surface area contributed by atoms with Gasteiger partial charge in [-0.05, 0) is 46.5 Å². The van der Waals surface area contributed by atoms with Crippen LogP contribution < -0.4 is 10.9 Å². The van der Waals surface area contributed by atoms with E-state index in [0.29, 0.717) is 10.9 Å². The Kier molecular flexibility index (Phi) is 7.70. The molecule has 0 saturated carbocycles. The van der Waals surface area contributed by atoms with Gasteiger partial charge in [0.1, 0.15) is 0 Å². The zero-order chi connectivity index (χ0) is 20.8. The van der Waals surface area contributed by atoms with Crippen molar-refractivity contribution in [3.8, 4) is 20.9 Å². The molecule has 3 aromatic rings. The number of hydrogen-bond acceptors (Lipinski definition) is 5. The van der Waals surface area contributed by atoms with E-state index in [1.165, 1.54) is 29.7 Å². The van der Waals surface area contributed by atoms with E-state index in [1.807, 2.05) is 24.3 Å². The molecule has 1 aromatic heterocycles. The average Bonchev–Trinajstić information content (AvgIpc) is 3.15. The first-order valence-corrected chi connectivity index (χ1v) is 10.9. The molecule has 29 heavy (non-hydrogen) atoms. The summed E-state index contributed by atoms with van der Waals surface area (Å²) in [6, 6.07) is 16.9. The van der Waals surface area contributed by atoms with Crippen LogP contribution in [0, 0.1) is 0 Å². The lowest BCUT2D eigenvalue weighted by Gasteiger charge is -2.06. The molecule has 2 aromatic carbocycles. The van der Waals surface area contributed by atoms with Crippen molar-refractivity contribution in [2.75, 3.05) is 0 Å². The Hall–Kier alpha value is -1.89. The molecule has 0 amide bonds. The number of unbranched alkanes of at least 4 members (excludes halogenated alkanes) is 3. The summed E-state index contributed by atoms with van der Waals surface area (Å²) in [6.07, 6.45) is 5.79. The smallest absolute Gasteiger partial charge is 0.423 e. The van der Waals surface area contributed by atoms with Crippen LogP contribution >= 0.6 is 11.3 Å². The van der Waals surface area contributed by atoms with Gasteiger partial charge >= 0.3 is 14.2 Å². The molecule has 4 N–H and O–H groups in total. The third-order valence-electron chi connectivity index (χ3n) is 5.07. The van der Waals surface area contributed by atoms with Gasteiger partial charge in [0.05, 0.1) is 0 Å². The van der Waals surface area contributed by atoms with Crippen LogP contribution in [0.3, 0.4) is 0 Å². The highest BCUT2D eigenvalue weighted by Crippen LogP contribution is 2.38. The van der Waals surface area contributed by atoms with Crippen LogP contribution in [0.4, 0.5) is 0 Å². The summed E-state index contributed by atoms with van der Waals surface area (Å²) in [5.74, 6) is 0. The molecule has 0 atom stereocenters. The minimum absolute atomic E-state index is 0.475. The van der Waals surface area contributed by atoms with Crippen LogP contribution in [0.2, 0.25) is 0 Å². The van der Waals surface area contributed by atoms with Crippen molar-refractivity contribution in [1.29, 1.82) is 0 Å². The number of rotatable bonds is 9. The van der Waals surface area contributed by atoms with Gasteiger partial charge in [0.2, 0.25) is 0 Å². The van der Waals surface area contributed by atoms with Gasteiger partial charge in [-0.25, -0.2) is 0 Å². The molecule has 4 nitrogen and oxygen atoms in total. The van der Waals surface area contributed by atoms with Crippen molar-refractivity contribution in [3.63, 3.8) is 0 Å². The zero-order valence-corrected chi connectivity index (χ0v) is 17.4. The Bertz CT molecular complexity index is 906. The van der Waals surface area contributed by atoms with Crippen molar-refractivity contribution < 1.29 is 20.1 Å². The van der Waals surface area contributed by atoms with Crippen molar-refractivity contribution in [1.82, 2.24) is 0 Å². The zero-order valence-electron chi connectivity index (χ0n) is 16.6. The molecule has 150 valence electrons. The first-order chi connectivity index (χ1) is 14.0. The Morgan fingerprint density at radius 3 is 1.79 bits per heavy atom. The molecule has 0 saturated heterocycles. The molecule has 0 bridgehead atoms. The maximum atomic E-state index is 9.34. The van der Waals surface area contributed by atoms with E-state index in [1.54, 1.807) is 35.6 Å². The second-order valence-electron chi connectivity index (χ2n) is 7.27. The van der Waals surface area contributed by atoms with Crippen LogP contribution in [0.5, 0.6) is 0 Å². The topological polar surface area (TPSA) is 80.9 Å². The predicted molar refractivity (Wildman–Crippen MR) is 123 cm³/mol. The summed E-state index contributed by atoms with van der Waals surface area (Å²) in [4.78, 5) is 2.33. The lowest BCUT2D eigenvalue weighted by Crippen LogP contribution is -2.29. The lowest BCUT2D eigenvalue weighted by molar-refractivity contribution is 0.424. The number of thiophene rings is 1. The van der Waals surface area contributed by atoms with E-state index in [-0.39, 0.29) is 0 Å². The molecule has 0 aliphatic heterocycles. The van der Waals surface area contributed by atoms with Gasteiger partial charge < -0.3 is 20.1 Å². The van der Waals surface area contributed by atoms with E-state index in [9.17, 15) is 20.1 Å². The van der Waals surface area contributed by atoms with Crippen molar-refractivity contribution in [2.24, 2.45) is 0 Å². The maximum absolute atomic E-state index is 9.34. The van der Waals surface area contributed by atoms with E-state index >= 15 is 0 Å². The van der Waals surface area contributed by atoms with Gasteiger partial charge in [-0.1, -0.05) is 74.7 Å². The van der Waals surface area contributed by atoms with Gasteiger partial charge in [0.25, 0.3) is 0 Å². The van der Waals surface area contributed by atoms with E-state index < -0.39 is 14.2 Å². The largest absolute Gasteiger partial charge is 0.488 e. The monoisotopic (exact) mass is 408 g/mol. The fourth-order valence-corrected chi connectivity index (χ4v) is 4.59. The summed E-state index contributed by atoms with van der Waals surface area (Å²) in [5, 5.41) is 37.3. The van der Waals surface area contributed by atoms with E-state index in [0.717, 1.165) is 28.8 Å². The van der Waals surface area contributed by atoms with Crippen LogP contribution in [-0.4, -0.2) is 34.3 Å². The Morgan fingerprint density at radius 2 is 1.28 bits per heavy atom. The highest BCUT2D eigenvalue weighted by atomic mass is 32.1. The fourth-order valence-electron chi connectivity index (χ4n) is 3.37. The number of benzene rings is 2. The van der Waals surface area contributed by atoms with Crippen LogP contribution in [-0.2, 0) is 6.42 Å². The SMILES string of the molecule is CCCCCCc1cc(-c2ccc(B(O)O)cc2)sc1-c1ccc(B(O)O)cc1. The average molecular weight is 408 g/mol. The van der Waals surface area contributed by atoms with Gasteiger partial charge in [0, 0.05) is 9.75 Å². The summed E-state index contributed by atoms with van der Waals surface area (Å²) >= 11 is 1.71. The maximum Gasteiger partial charge on any atom is 0.488 e. The first kappa shape index (κ1) is 21.8. The van der Waals surface area contributed by atoms with Crippen molar-refractivity contribution in [3.05, 3.63) is 60.2 Å². The molecular weight excluding hydrogens is 382 g/mol. The predicted octanol–water partition coefficient (Wildman–Crippen LogP) is 2.56. The summed E-state index contributed by atoms with van der Waals surface area (Å²) in [6.45, 7) is 2.21. The highest BCUT2D eigenvalue weighted by Gasteiger charge is 2.16. The molecule has 0 fully saturated rings. The lowest BCUT2D eigenvalue weighted by atomic mass is 9.80. The highest BCUT2D eigenvalue weighted by molar-refractivity contribution is 7.19. The number of hydrogen-bond donors (Lipinski definition) is 4. The molecule has 7 heteroatoms. The molecule has 0 spiro atoms. The first-order valence-electron chi connectivity index (χ1n) is 10.0. The van der Waals surface area contributed by atoms with E-state index in [2.05, 4.69) is 13.0 Å². The van der Waals surface area contributed by atoms with Gasteiger partial charge in [-0.2, -0.15) is 0 Å². The summed E-state index contributed by atoms with van der Waals surface area (Å²) in [5.41, 5.74) is 4.36. The Balaban J connectivity index is 1.92. The van der Waals surface area contributed by atoms with Crippen LogP contribution in [0.15, 0.2) is 54.6 Å². The Labute approximate surface area is 176 Å². The van der Waals surface area contributed by atoms with Crippen molar-refractivity contribution >= 4 is 36.5 Å². The second-order valence-corrected chi connectivity index (χ2v) is 8.32. The molecular formula is C22H26B2O4S. The molecule has 0 aliphatic carbocycles. The minimum Gasteiger partial charge on any atom is -0.423 e. The fraction of sp³-hybridized carbons (Fsp3) is 0.273. The normalized spacial score (nSPS) is 10.9. The molecule has 1 heterocycles. The molecule has 0 radical (unpaired) electrons. The third-order valence-corrected chi connectivity index (χ3v) is 6.35. The Morgan fingerprint density at radius 1 is 0.724 bits per heavy atom. The summed E-state index contributed by atoms with van der Waals surface area (Å²) < 4.78 is 0. The standard InChI is InChI=1S/C22H26B2O4S/c1-2-3-4-5-6-18-15-21(16-7-11-19(12-8-16)23(25)26)29-22(18)17-9-13-20(14-10-17)24(27)28/h7-15,25-28H,2-6H2,1H3. The molecule has 0 unspecified atom stereocenters. The van der Waals surface area contributed by atoms with E-state index in [4.69, 9.17) is 0 Å². The van der Waals surface area contributed by atoms with Crippen molar-refractivity contribution in [2.45, 2.75) is 39.0 Å². The van der Waals surface area contributed by atoms with Gasteiger partial charge in [-0.15, -0.1) is 11.3 Å². The molecule has 0 aliphatic rings. The van der Waals surface area contributed by atoms with Crippen LogP contribution in [0.25, 0.3) is 20.9 Å². The quantitative estimate of drug-likeness (QED) is 0.324. The summed E-state index contributed by atoms with van der Waals surface area (Å²) in [7, 11) is -2.92. The molecule has 3 rings (SSSR count).